The van der Waals surface area contributed by atoms with Crippen molar-refractivity contribution in [3.63, 3.8) is 0 Å². The second-order valence-electron chi connectivity index (χ2n) is 15.2. The van der Waals surface area contributed by atoms with Crippen molar-refractivity contribution in [3.8, 4) is 10.8 Å². The molecule has 0 spiro atoms. The van der Waals surface area contributed by atoms with Crippen LogP contribution < -0.4 is 5.32 Å². The van der Waals surface area contributed by atoms with Gasteiger partial charge in [0.2, 0.25) is 17.7 Å². The van der Waals surface area contributed by atoms with E-state index in [4.69, 9.17) is 9.47 Å². The molecule has 14 heteroatoms. The Kier molecular flexibility index (Phi) is 20.7. The number of aliphatic hydroxyl groups is 1. The van der Waals surface area contributed by atoms with Crippen LogP contribution in [-0.4, -0.2) is 119 Å². The first-order valence-electron chi connectivity index (χ1n) is 19.1. The van der Waals surface area contributed by atoms with Gasteiger partial charge < -0.3 is 34.6 Å². The van der Waals surface area contributed by atoms with Gasteiger partial charge in [-0.15, -0.1) is 0 Å². The predicted octanol–water partition coefficient (Wildman–Crippen LogP) is 4.13. The minimum atomic E-state index is -1.23. The maximum Gasteiger partial charge on any atom is 0.329 e. The molecule has 1 saturated heterocycles. The van der Waals surface area contributed by atoms with E-state index in [2.05, 4.69) is 32.0 Å². The highest BCUT2D eigenvalue weighted by Gasteiger charge is 2.45. The number of likely N-dealkylation sites (N-methyl/N-ethyl adjacent to an activating group) is 2. The lowest BCUT2D eigenvalue weighted by Crippen LogP contribution is -2.58. The highest BCUT2D eigenvalue weighted by Crippen LogP contribution is 2.27. The molecule has 1 fully saturated rings. The number of hydrogen-bond donors (Lipinski definition) is 2. The summed E-state index contributed by atoms with van der Waals surface area (Å²) in [7, 11) is 3.01. The third-order valence-electron chi connectivity index (χ3n) is 10.1. The summed E-state index contributed by atoms with van der Waals surface area (Å²) in [6, 6.07) is -3.78. The second-order valence-corrected chi connectivity index (χ2v) is 15.6. The van der Waals surface area contributed by atoms with Gasteiger partial charge in [0.15, 0.2) is 6.10 Å². The van der Waals surface area contributed by atoms with Crippen LogP contribution in [0, 0.1) is 40.3 Å². The molecule has 0 bridgehead atoms. The standard InChI is InChI=1S/C39H65BrN4O9/c1-13-26(9)33(37(49)44-22-18-19-28(44)35(47)42(11)31(24(5)6)38(50)52-14-2)53-39(51)32(25(7)8)43(12)36(48)30(23(3)4)41-34(46)27(10)29(45)20-16-15-17-21-40/h23-33,45H,13-16,18-20,22H2,1-12H3,(H,41,46)/t26-,27-,28-,29+,30-,31-,32-,33-/m0/s1. The largest absolute Gasteiger partial charge is 0.464 e. The molecule has 4 amide bonds. The zero-order valence-corrected chi connectivity index (χ0v) is 35.5. The molecule has 0 saturated carbocycles. The maximum atomic E-state index is 14.2. The lowest BCUT2D eigenvalue weighted by Gasteiger charge is -2.37. The van der Waals surface area contributed by atoms with E-state index in [0.717, 1.165) is 0 Å². The minimum Gasteiger partial charge on any atom is -0.464 e. The van der Waals surface area contributed by atoms with E-state index >= 15 is 0 Å². The molecule has 8 atom stereocenters. The Morgan fingerprint density at radius 1 is 0.906 bits per heavy atom. The number of likely N-dealkylation sites (tertiary alicyclic amines) is 1. The molecule has 13 nitrogen and oxygen atoms in total. The number of hydrogen-bond acceptors (Lipinski definition) is 9. The van der Waals surface area contributed by atoms with Gasteiger partial charge in [0, 0.05) is 48.9 Å². The molecule has 0 aliphatic carbocycles. The summed E-state index contributed by atoms with van der Waals surface area (Å²) in [5.41, 5.74) is 0. The Morgan fingerprint density at radius 2 is 1.49 bits per heavy atom. The SMILES string of the molecule is CCOC(=O)[C@H](C(C)C)N(C)C(=O)[C@@H]1CCCN1C(=O)[C@@H](OC(=O)[C@H](C(C)C)N(C)C(=O)[C@@H](NC(=O)[C@@H](C)[C@H](O)CCCC#CBr)C(C)C)[C@@H](C)CC. The third-order valence-corrected chi connectivity index (χ3v) is 10.4. The summed E-state index contributed by atoms with van der Waals surface area (Å²) in [4.78, 5) is 88.7. The molecule has 0 aromatic heterocycles. The summed E-state index contributed by atoms with van der Waals surface area (Å²) >= 11 is 3.04. The number of nitrogens with one attached hydrogen (secondary N) is 1. The van der Waals surface area contributed by atoms with Gasteiger partial charge in [-0.3, -0.25) is 19.2 Å². The summed E-state index contributed by atoms with van der Waals surface area (Å²) in [6.07, 6.45) is 0.803. The van der Waals surface area contributed by atoms with Gasteiger partial charge in [0.05, 0.1) is 18.6 Å². The smallest absolute Gasteiger partial charge is 0.329 e. The van der Waals surface area contributed by atoms with Crippen molar-refractivity contribution in [2.45, 2.75) is 144 Å². The van der Waals surface area contributed by atoms with Gasteiger partial charge in [-0.25, -0.2) is 9.59 Å². The second kappa shape index (κ2) is 22.9. The third kappa shape index (κ3) is 13.3. The Balaban J connectivity index is 3.27. The molecule has 2 N–H and O–H groups in total. The van der Waals surface area contributed by atoms with Crippen molar-refractivity contribution >= 4 is 51.5 Å². The lowest BCUT2D eigenvalue weighted by molar-refractivity contribution is -0.172. The minimum absolute atomic E-state index is 0.170. The Labute approximate surface area is 325 Å². The van der Waals surface area contributed by atoms with Crippen molar-refractivity contribution in [2.75, 3.05) is 27.2 Å². The number of rotatable bonds is 20. The number of nitrogens with zero attached hydrogens (tertiary/aromatic N) is 3. The Bertz CT molecular complexity index is 1310. The predicted molar refractivity (Wildman–Crippen MR) is 206 cm³/mol. The van der Waals surface area contributed by atoms with E-state index < -0.39 is 89.7 Å². The average molecular weight is 814 g/mol. The lowest BCUT2D eigenvalue weighted by atomic mass is 9.95. The zero-order valence-electron chi connectivity index (χ0n) is 33.9. The molecule has 1 rings (SSSR count). The molecule has 0 aromatic rings. The van der Waals surface area contributed by atoms with E-state index in [1.807, 2.05) is 20.8 Å². The molecular weight excluding hydrogens is 748 g/mol. The van der Waals surface area contributed by atoms with Crippen LogP contribution in [-0.2, 0) is 38.2 Å². The van der Waals surface area contributed by atoms with Crippen LogP contribution in [0.1, 0.15) is 108 Å². The fourth-order valence-corrected chi connectivity index (χ4v) is 6.85. The number of esters is 2. The Morgan fingerprint density at radius 3 is 2.00 bits per heavy atom. The number of carbonyl (C=O) groups is 6. The van der Waals surface area contributed by atoms with E-state index in [1.54, 1.807) is 48.5 Å². The topological polar surface area (TPSA) is 163 Å². The van der Waals surface area contributed by atoms with Crippen LogP contribution in [0.2, 0.25) is 0 Å². The van der Waals surface area contributed by atoms with Gasteiger partial charge in [0.1, 0.15) is 24.2 Å². The van der Waals surface area contributed by atoms with Crippen LogP contribution in [0.5, 0.6) is 0 Å². The fourth-order valence-electron chi connectivity index (χ4n) is 6.65. The molecule has 1 heterocycles. The molecule has 302 valence electrons. The van der Waals surface area contributed by atoms with E-state index in [-0.39, 0.29) is 25.0 Å². The van der Waals surface area contributed by atoms with Crippen molar-refractivity contribution < 1.29 is 43.3 Å². The first-order chi connectivity index (χ1) is 24.8. The number of aliphatic hydroxyl groups excluding tert-OH is 1. The van der Waals surface area contributed by atoms with Gasteiger partial charge in [-0.05, 0) is 61.6 Å². The van der Waals surface area contributed by atoms with Crippen LogP contribution in [0.25, 0.3) is 0 Å². The number of halogens is 1. The van der Waals surface area contributed by atoms with Gasteiger partial charge >= 0.3 is 11.9 Å². The average Bonchev–Trinajstić information content (AvgIpc) is 3.59. The number of ether oxygens (including phenoxy) is 2. The zero-order chi connectivity index (χ0) is 40.7. The monoisotopic (exact) mass is 812 g/mol. The molecule has 1 aliphatic rings. The summed E-state index contributed by atoms with van der Waals surface area (Å²) in [5.74, 6) is -2.57. The van der Waals surface area contributed by atoms with Crippen LogP contribution >= 0.6 is 15.9 Å². The summed E-state index contributed by atoms with van der Waals surface area (Å²) in [5, 5.41) is 13.4. The first kappa shape index (κ1) is 47.8. The van der Waals surface area contributed by atoms with E-state index in [0.29, 0.717) is 38.5 Å². The highest BCUT2D eigenvalue weighted by molar-refractivity contribution is 9.12. The van der Waals surface area contributed by atoms with Crippen molar-refractivity contribution in [1.82, 2.24) is 20.0 Å². The van der Waals surface area contributed by atoms with Crippen LogP contribution in [0.3, 0.4) is 0 Å². The molecular formula is C39H65BrN4O9. The first-order valence-corrected chi connectivity index (χ1v) is 19.9. The highest BCUT2D eigenvalue weighted by atomic mass is 79.9. The van der Waals surface area contributed by atoms with Crippen LogP contribution in [0.15, 0.2) is 0 Å². The summed E-state index contributed by atoms with van der Waals surface area (Å²) in [6.45, 7) is 18.1. The maximum absolute atomic E-state index is 14.2. The number of unbranched alkanes of at least 4 members (excludes halogenated alkanes) is 1. The molecule has 53 heavy (non-hydrogen) atoms. The molecule has 0 unspecified atom stereocenters. The van der Waals surface area contributed by atoms with Gasteiger partial charge in [0.25, 0.3) is 5.91 Å². The van der Waals surface area contributed by atoms with E-state index in [9.17, 15) is 33.9 Å². The van der Waals surface area contributed by atoms with Crippen molar-refractivity contribution in [2.24, 2.45) is 29.6 Å². The van der Waals surface area contributed by atoms with Crippen molar-refractivity contribution in [3.05, 3.63) is 0 Å². The van der Waals surface area contributed by atoms with Crippen molar-refractivity contribution in [1.29, 1.82) is 0 Å². The number of amides is 4. The van der Waals surface area contributed by atoms with Gasteiger partial charge in [-0.1, -0.05) is 68.2 Å². The summed E-state index contributed by atoms with van der Waals surface area (Å²) < 4.78 is 11.2. The van der Waals surface area contributed by atoms with Gasteiger partial charge in [-0.2, -0.15) is 0 Å². The fraction of sp³-hybridized carbons (Fsp3) is 0.795. The van der Waals surface area contributed by atoms with Crippen LogP contribution in [0.4, 0.5) is 0 Å². The molecule has 1 aliphatic heterocycles. The molecule has 0 radical (unpaired) electrons. The quantitative estimate of drug-likeness (QED) is 0.105. The number of carbonyl (C=O) groups excluding carboxylic acids is 6. The normalized spacial score (nSPS) is 18.2. The van der Waals surface area contributed by atoms with E-state index in [1.165, 1.54) is 28.8 Å². The Hall–Kier alpha value is -3.18. The molecule has 0 aromatic carbocycles.